The Morgan fingerprint density at radius 3 is 2.50 bits per heavy atom. The van der Waals surface area contributed by atoms with E-state index in [1.807, 2.05) is 13.8 Å². The van der Waals surface area contributed by atoms with Crippen LogP contribution in [0.15, 0.2) is 30.5 Å². The van der Waals surface area contributed by atoms with Gasteiger partial charge in [0, 0.05) is 17.1 Å². The molecule has 0 fully saturated rings. The Kier molecular flexibility index (Phi) is 6.07. The van der Waals surface area contributed by atoms with Crippen molar-refractivity contribution in [3.63, 3.8) is 0 Å². The summed E-state index contributed by atoms with van der Waals surface area (Å²) in [6, 6.07) is 5.62. The zero-order valence-corrected chi connectivity index (χ0v) is 16.2. The first-order chi connectivity index (χ1) is 12.1. The molecule has 26 heavy (non-hydrogen) atoms. The first kappa shape index (κ1) is 20.0. The summed E-state index contributed by atoms with van der Waals surface area (Å²) < 4.78 is 29.7. The molecule has 8 heteroatoms. The molecule has 0 radical (unpaired) electrons. The largest absolute Gasteiger partial charge is 0.464 e. The molecular formula is C18H24N2O5S. The SMILES string of the molecule is CCOC(=O)C(CC(C)C)NC(=O)c1ccc2c(ccn2S(C)(=O)=O)c1. The van der Waals surface area contributed by atoms with E-state index < -0.39 is 27.9 Å². The van der Waals surface area contributed by atoms with E-state index in [-0.39, 0.29) is 12.5 Å². The fraction of sp³-hybridized carbons (Fsp3) is 0.444. The smallest absolute Gasteiger partial charge is 0.328 e. The number of esters is 1. The van der Waals surface area contributed by atoms with E-state index in [2.05, 4.69) is 5.32 Å². The monoisotopic (exact) mass is 380 g/mol. The summed E-state index contributed by atoms with van der Waals surface area (Å²) in [5.41, 5.74) is 0.843. The van der Waals surface area contributed by atoms with Crippen molar-refractivity contribution in [1.82, 2.24) is 9.29 Å². The number of benzene rings is 1. The second-order valence-corrected chi connectivity index (χ2v) is 8.42. The van der Waals surface area contributed by atoms with E-state index in [0.717, 1.165) is 10.2 Å². The average molecular weight is 380 g/mol. The van der Waals surface area contributed by atoms with Gasteiger partial charge < -0.3 is 10.1 Å². The zero-order chi connectivity index (χ0) is 19.5. The van der Waals surface area contributed by atoms with Gasteiger partial charge in [-0.15, -0.1) is 0 Å². The zero-order valence-electron chi connectivity index (χ0n) is 15.4. The first-order valence-corrected chi connectivity index (χ1v) is 10.3. The van der Waals surface area contributed by atoms with Crippen LogP contribution in [0.25, 0.3) is 10.9 Å². The van der Waals surface area contributed by atoms with Crippen LogP contribution >= 0.6 is 0 Å². The van der Waals surface area contributed by atoms with Crippen molar-refractivity contribution in [1.29, 1.82) is 0 Å². The molecule has 1 amide bonds. The van der Waals surface area contributed by atoms with Gasteiger partial charge in [0.15, 0.2) is 0 Å². The number of rotatable bonds is 7. The highest BCUT2D eigenvalue weighted by molar-refractivity contribution is 7.89. The minimum atomic E-state index is -3.41. The molecule has 142 valence electrons. The summed E-state index contributed by atoms with van der Waals surface area (Å²) in [4.78, 5) is 24.6. The van der Waals surface area contributed by atoms with Crippen molar-refractivity contribution in [3.8, 4) is 0 Å². The Hall–Kier alpha value is -2.35. The van der Waals surface area contributed by atoms with Gasteiger partial charge in [-0.3, -0.25) is 4.79 Å². The maximum atomic E-state index is 12.5. The third-order valence-corrected chi connectivity index (χ3v) is 4.89. The molecule has 1 unspecified atom stereocenters. The van der Waals surface area contributed by atoms with Gasteiger partial charge in [0.05, 0.1) is 18.4 Å². The highest BCUT2D eigenvalue weighted by Crippen LogP contribution is 2.19. The second-order valence-electron chi connectivity index (χ2n) is 6.56. The Bertz CT molecular complexity index is 915. The fourth-order valence-electron chi connectivity index (χ4n) is 2.72. The molecule has 0 saturated carbocycles. The number of nitrogens with zero attached hydrogens (tertiary/aromatic N) is 1. The third kappa shape index (κ3) is 4.63. The normalized spacial score (nSPS) is 13.0. The van der Waals surface area contributed by atoms with Gasteiger partial charge in [0.25, 0.3) is 5.91 Å². The number of carbonyl (C=O) groups excluding carboxylic acids is 2. The lowest BCUT2D eigenvalue weighted by Crippen LogP contribution is -2.42. The molecule has 2 aromatic rings. The quantitative estimate of drug-likeness (QED) is 0.743. The number of amides is 1. The summed E-state index contributed by atoms with van der Waals surface area (Å²) in [6.07, 6.45) is 3.03. The second kappa shape index (κ2) is 7.90. The van der Waals surface area contributed by atoms with E-state index in [0.29, 0.717) is 22.9 Å². The van der Waals surface area contributed by atoms with Gasteiger partial charge in [-0.25, -0.2) is 17.2 Å². The molecule has 1 atom stereocenters. The summed E-state index contributed by atoms with van der Waals surface area (Å²) in [6.45, 7) is 5.87. The molecule has 2 rings (SSSR count). The van der Waals surface area contributed by atoms with Crippen LogP contribution < -0.4 is 5.32 Å². The van der Waals surface area contributed by atoms with Gasteiger partial charge in [-0.1, -0.05) is 13.8 Å². The molecule has 0 aliphatic heterocycles. The summed E-state index contributed by atoms with van der Waals surface area (Å²) in [5, 5.41) is 3.34. The standard InChI is InChI=1S/C18H24N2O5S/c1-5-25-18(22)15(10-12(2)3)19-17(21)14-6-7-16-13(11-14)8-9-20(16)26(4,23)24/h6-9,11-12,15H,5,10H2,1-4H3,(H,19,21). The molecule has 0 bridgehead atoms. The number of ether oxygens (including phenoxy) is 1. The molecule has 0 saturated heterocycles. The molecule has 0 aliphatic rings. The van der Waals surface area contributed by atoms with Crippen LogP contribution in [0.3, 0.4) is 0 Å². The highest BCUT2D eigenvalue weighted by Gasteiger charge is 2.24. The lowest BCUT2D eigenvalue weighted by molar-refractivity contribution is -0.145. The Morgan fingerprint density at radius 1 is 1.23 bits per heavy atom. The van der Waals surface area contributed by atoms with Gasteiger partial charge in [-0.2, -0.15) is 0 Å². The van der Waals surface area contributed by atoms with Crippen LogP contribution in [-0.4, -0.2) is 43.2 Å². The van der Waals surface area contributed by atoms with Crippen molar-refractivity contribution in [2.24, 2.45) is 5.92 Å². The minimum absolute atomic E-state index is 0.205. The van der Waals surface area contributed by atoms with Gasteiger partial charge >= 0.3 is 5.97 Å². The Balaban J connectivity index is 2.26. The lowest BCUT2D eigenvalue weighted by Gasteiger charge is -2.19. The number of hydrogen-bond acceptors (Lipinski definition) is 5. The summed E-state index contributed by atoms with van der Waals surface area (Å²) >= 11 is 0. The van der Waals surface area contributed by atoms with Crippen LogP contribution in [0, 0.1) is 5.92 Å². The molecule has 1 aromatic heterocycles. The predicted molar refractivity (Wildman–Crippen MR) is 99.5 cm³/mol. The van der Waals surface area contributed by atoms with Gasteiger partial charge in [0.2, 0.25) is 10.0 Å². The first-order valence-electron chi connectivity index (χ1n) is 8.42. The maximum absolute atomic E-state index is 12.5. The molecule has 0 aliphatic carbocycles. The van der Waals surface area contributed by atoms with E-state index in [1.165, 1.54) is 12.3 Å². The van der Waals surface area contributed by atoms with Crippen molar-refractivity contribution in [2.45, 2.75) is 33.2 Å². The molecule has 1 N–H and O–H groups in total. The van der Waals surface area contributed by atoms with Gasteiger partial charge in [0.1, 0.15) is 6.04 Å². The van der Waals surface area contributed by atoms with Crippen LogP contribution in [0.1, 0.15) is 37.6 Å². The van der Waals surface area contributed by atoms with Gasteiger partial charge in [-0.05, 0) is 43.5 Å². The lowest BCUT2D eigenvalue weighted by atomic mass is 10.0. The number of nitrogens with one attached hydrogen (secondary N) is 1. The van der Waals surface area contributed by atoms with E-state index in [4.69, 9.17) is 4.74 Å². The van der Waals surface area contributed by atoms with Crippen molar-refractivity contribution < 1.29 is 22.7 Å². The maximum Gasteiger partial charge on any atom is 0.328 e. The number of aromatic nitrogens is 1. The van der Waals surface area contributed by atoms with Crippen LogP contribution in [0.4, 0.5) is 0 Å². The molecule has 1 aromatic carbocycles. The van der Waals surface area contributed by atoms with Crippen molar-refractivity contribution in [3.05, 3.63) is 36.0 Å². The van der Waals surface area contributed by atoms with Crippen molar-refractivity contribution in [2.75, 3.05) is 12.9 Å². The molecule has 0 spiro atoms. The molecule has 1 heterocycles. The van der Waals surface area contributed by atoms with E-state index >= 15 is 0 Å². The molecular weight excluding hydrogens is 356 g/mol. The average Bonchev–Trinajstić information content (AvgIpc) is 2.97. The van der Waals surface area contributed by atoms with Crippen LogP contribution in [0.2, 0.25) is 0 Å². The minimum Gasteiger partial charge on any atom is -0.464 e. The number of hydrogen-bond donors (Lipinski definition) is 1. The Labute approximate surface area is 153 Å². The van der Waals surface area contributed by atoms with Crippen LogP contribution in [-0.2, 0) is 19.6 Å². The predicted octanol–water partition coefficient (Wildman–Crippen LogP) is 2.16. The topological polar surface area (TPSA) is 94.5 Å². The molecule has 7 nitrogen and oxygen atoms in total. The summed E-state index contributed by atoms with van der Waals surface area (Å²) in [5.74, 6) is -0.660. The Morgan fingerprint density at radius 2 is 1.92 bits per heavy atom. The number of carbonyl (C=O) groups is 2. The fourth-order valence-corrected chi connectivity index (χ4v) is 3.52. The highest BCUT2D eigenvalue weighted by atomic mass is 32.2. The number of fused-ring (bicyclic) bond motifs is 1. The van der Waals surface area contributed by atoms with E-state index in [1.54, 1.807) is 25.1 Å². The third-order valence-electron chi connectivity index (χ3n) is 3.86. The van der Waals surface area contributed by atoms with E-state index in [9.17, 15) is 18.0 Å². The van der Waals surface area contributed by atoms with Crippen LogP contribution in [0.5, 0.6) is 0 Å². The summed E-state index contributed by atoms with van der Waals surface area (Å²) in [7, 11) is -3.41. The van der Waals surface area contributed by atoms with Crippen molar-refractivity contribution >= 4 is 32.8 Å².